The predicted octanol–water partition coefficient (Wildman–Crippen LogP) is 2.64. The first-order valence-electron chi connectivity index (χ1n) is 7.38. The topological polar surface area (TPSA) is 93.5 Å². The maximum atomic E-state index is 11.9. The fourth-order valence-corrected chi connectivity index (χ4v) is 2.09. The quantitative estimate of drug-likeness (QED) is 0.601. The lowest BCUT2D eigenvalue weighted by Crippen LogP contribution is -2.29. The van der Waals surface area contributed by atoms with E-state index < -0.39 is 4.92 Å². The Balaban J connectivity index is 1.92. The highest BCUT2D eigenvalue weighted by Crippen LogP contribution is 2.28. The molecule has 0 radical (unpaired) electrons. The lowest BCUT2D eigenvalue weighted by atomic mass is 10.1. The molecule has 7 nitrogen and oxygen atoms in total. The molecule has 0 aliphatic rings. The Labute approximate surface area is 139 Å². The number of ether oxygens (including phenoxy) is 1. The van der Waals surface area contributed by atoms with Crippen LogP contribution in [0.3, 0.4) is 0 Å². The summed E-state index contributed by atoms with van der Waals surface area (Å²) in [5, 5.41) is 16.5. The zero-order valence-electron chi connectivity index (χ0n) is 13.5. The molecule has 0 heterocycles. The number of hydrogen-bond acceptors (Lipinski definition) is 5. The van der Waals surface area contributed by atoms with Gasteiger partial charge in [0.2, 0.25) is 5.91 Å². The number of nitrogens with one attached hydrogen (secondary N) is 2. The average molecular weight is 329 g/mol. The molecule has 0 saturated carbocycles. The monoisotopic (exact) mass is 329 g/mol. The maximum absolute atomic E-state index is 11.9. The summed E-state index contributed by atoms with van der Waals surface area (Å²) >= 11 is 0. The van der Waals surface area contributed by atoms with E-state index in [2.05, 4.69) is 10.6 Å². The van der Waals surface area contributed by atoms with Crippen molar-refractivity contribution in [1.29, 1.82) is 0 Å². The van der Waals surface area contributed by atoms with Crippen LogP contribution in [0.2, 0.25) is 0 Å². The van der Waals surface area contributed by atoms with Gasteiger partial charge < -0.3 is 15.4 Å². The molecule has 2 N–H and O–H groups in total. The van der Waals surface area contributed by atoms with Crippen molar-refractivity contribution in [3.8, 4) is 5.75 Å². The lowest BCUT2D eigenvalue weighted by molar-refractivity contribution is -0.384. The number of benzene rings is 2. The number of methoxy groups -OCH3 is 1. The molecule has 1 amide bonds. The second-order valence-corrected chi connectivity index (χ2v) is 5.26. The molecule has 126 valence electrons. The van der Waals surface area contributed by atoms with Crippen molar-refractivity contribution in [2.75, 3.05) is 19.0 Å². The second-order valence-electron chi connectivity index (χ2n) is 5.26. The van der Waals surface area contributed by atoms with Crippen molar-refractivity contribution in [2.45, 2.75) is 13.5 Å². The van der Waals surface area contributed by atoms with Crippen molar-refractivity contribution in [1.82, 2.24) is 5.32 Å². The number of aryl methyl sites for hydroxylation is 1. The van der Waals surface area contributed by atoms with Gasteiger partial charge in [0.05, 0.1) is 24.3 Å². The normalized spacial score (nSPS) is 10.1. The first-order valence-corrected chi connectivity index (χ1v) is 7.38. The third-order valence-electron chi connectivity index (χ3n) is 3.44. The number of rotatable bonds is 7. The summed E-state index contributed by atoms with van der Waals surface area (Å²) in [5.74, 6) is 0.219. The van der Waals surface area contributed by atoms with Crippen LogP contribution in [-0.2, 0) is 11.3 Å². The van der Waals surface area contributed by atoms with Crippen molar-refractivity contribution in [3.05, 3.63) is 63.7 Å². The number of nitrogens with zero attached hydrogens (tertiary/aromatic N) is 1. The second kappa shape index (κ2) is 7.96. The van der Waals surface area contributed by atoms with E-state index in [0.717, 1.165) is 11.1 Å². The van der Waals surface area contributed by atoms with Gasteiger partial charge in [-0.1, -0.05) is 29.8 Å². The molecule has 0 aliphatic heterocycles. The maximum Gasteiger partial charge on any atom is 0.271 e. The average Bonchev–Trinajstić information content (AvgIpc) is 2.59. The molecule has 2 rings (SSSR count). The van der Waals surface area contributed by atoms with Crippen LogP contribution in [0.15, 0.2) is 42.5 Å². The van der Waals surface area contributed by atoms with Gasteiger partial charge >= 0.3 is 0 Å². The number of amides is 1. The van der Waals surface area contributed by atoms with E-state index in [-0.39, 0.29) is 18.1 Å². The van der Waals surface area contributed by atoms with Gasteiger partial charge in [0, 0.05) is 18.7 Å². The number of nitro groups is 1. The fourth-order valence-electron chi connectivity index (χ4n) is 2.09. The molecule has 2 aromatic carbocycles. The van der Waals surface area contributed by atoms with Gasteiger partial charge in [0.15, 0.2) is 0 Å². The van der Waals surface area contributed by atoms with E-state index in [9.17, 15) is 14.9 Å². The van der Waals surface area contributed by atoms with Crippen LogP contribution < -0.4 is 15.4 Å². The Morgan fingerprint density at radius 1 is 1.21 bits per heavy atom. The summed E-state index contributed by atoms with van der Waals surface area (Å²) in [5.41, 5.74) is 2.49. The number of non-ortho nitro benzene ring substituents is 1. The van der Waals surface area contributed by atoms with Crippen molar-refractivity contribution >= 4 is 17.3 Å². The predicted molar refractivity (Wildman–Crippen MR) is 91.2 cm³/mol. The van der Waals surface area contributed by atoms with Crippen molar-refractivity contribution < 1.29 is 14.5 Å². The van der Waals surface area contributed by atoms with Crippen LogP contribution in [0.4, 0.5) is 11.4 Å². The highest BCUT2D eigenvalue weighted by molar-refractivity contribution is 5.81. The van der Waals surface area contributed by atoms with E-state index in [1.807, 2.05) is 31.2 Å². The van der Waals surface area contributed by atoms with E-state index in [0.29, 0.717) is 18.0 Å². The Hall–Kier alpha value is -3.09. The van der Waals surface area contributed by atoms with Gasteiger partial charge in [0.1, 0.15) is 5.75 Å². The minimum atomic E-state index is -0.498. The number of anilines is 1. The molecule has 0 atom stereocenters. The molecule has 0 aliphatic carbocycles. The molecular weight excluding hydrogens is 310 g/mol. The van der Waals surface area contributed by atoms with Gasteiger partial charge in [-0.2, -0.15) is 0 Å². The first kappa shape index (κ1) is 17.3. The summed E-state index contributed by atoms with van der Waals surface area (Å²) in [6.45, 7) is 2.41. The fraction of sp³-hybridized carbons (Fsp3) is 0.235. The standard InChI is InChI=1S/C17H19N3O4/c1-12-3-5-13(6-4-12)10-19-17(21)11-18-15-9-14(20(22)23)7-8-16(15)24-2/h3-9,18H,10-11H2,1-2H3,(H,19,21). The summed E-state index contributed by atoms with van der Waals surface area (Å²) in [6, 6.07) is 12.0. The third-order valence-corrected chi connectivity index (χ3v) is 3.44. The van der Waals surface area contributed by atoms with Crippen molar-refractivity contribution in [2.24, 2.45) is 0 Å². The SMILES string of the molecule is COc1ccc([N+](=O)[O-])cc1NCC(=O)NCc1ccc(C)cc1. The van der Waals surface area contributed by atoms with Gasteiger partial charge in [-0.25, -0.2) is 0 Å². The van der Waals surface area contributed by atoms with Gasteiger partial charge in [0.25, 0.3) is 5.69 Å². The highest BCUT2D eigenvalue weighted by Gasteiger charge is 2.12. The minimum Gasteiger partial charge on any atom is -0.495 e. The summed E-state index contributed by atoms with van der Waals surface area (Å²) in [7, 11) is 1.46. The van der Waals surface area contributed by atoms with Crippen LogP contribution in [-0.4, -0.2) is 24.5 Å². The van der Waals surface area contributed by atoms with Gasteiger partial charge in [-0.05, 0) is 18.6 Å². The summed E-state index contributed by atoms with van der Waals surface area (Å²) < 4.78 is 5.14. The number of carbonyl (C=O) groups is 1. The largest absolute Gasteiger partial charge is 0.495 e. The van der Waals surface area contributed by atoms with Crippen molar-refractivity contribution in [3.63, 3.8) is 0 Å². The van der Waals surface area contributed by atoms with E-state index >= 15 is 0 Å². The zero-order chi connectivity index (χ0) is 17.5. The molecule has 24 heavy (non-hydrogen) atoms. The molecule has 7 heteroatoms. The molecule has 0 fully saturated rings. The van der Waals surface area contributed by atoms with E-state index in [4.69, 9.17) is 4.74 Å². The van der Waals surface area contributed by atoms with Crippen LogP contribution in [0.5, 0.6) is 5.75 Å². The third kappa shape index (κ3) is 4.70. The lowest BCUT2D eigenvalue weighted by Gasteiger charge is -2.11. The molecule has 0 unspecified atom stereocenters. The van der Waals surface area contributed by atoms with E-state index in [1.54, 1.807) is 0 Å². The summed E-state index contributed by atoms with van der Waals surface area (Å²) in [4.78, 5) is 22.3. The van der Waals surface area contributed by atoms with Crippen LogP contribution in [0.1, 0.15) is 11.1 Å². The summed E-state index contributed by atoms with van der Waals surface area (Å²) in [6.07, 6.45) is 0. The number of nitro benzene ring substituents is 1. The molecule has 0 aromatic heterocycles. The molecule has 0 saturated heterocycles. The molecule has 0 bridgehead atoms. The van der Waals surface area contributed by atoms with Crippen LogP contribution >= 0.6 is 0 Å². The smallest absolute Gasteiger partial charge is 0.271 e. The minimum absolute atomic E-state index is 0.0105. The Kier molecular flexibility index (Phi) is 5.73. The van der Waals surface area contributed by atoms with Crippen LogP contribution in [0.25, 0.3) is 0 Å². The van der Waals surface area contributed by atoms with Gasteiger partial charge in [-0.3, -0.25) is 14.9 Å². The Morgan fingerprint density at radius 2 is 1.92 bits per heavy atom. The molecule has 0 spiro atoms. The Morgan fingerprint density at radius 3 is 2.54 bits per heavy atom. The first-order chi connectivity index (χ1) is 11.5. The highest BCUT2D eigenvalue weighted by atomic mass is 16.6. The molecule has 2 aromatic rings. The Bertz CT molecular complexity index is 729. The van der Waals surface area contributed by atoms with E-state index in [1.165, 1.54) is 25.3 Å². The number of carbonyl (C=O) groups excluding carboxylic acids is 1. The van der Waals surface area contributed by atoms with Crippen LogP contribution in [0, 0.1) is 17.0 Å². The zero-order valence-corrected chi connectivity index (χ0v) is 13.5. The number of hydrogen-bond donors (Lipinski definition) is 2. The molecular formula is C17H19N3O4. The van der Waals surface area contributed by atoms with Gasteiger partial charge in [-0.15, -0.1) is 0 Å².